The molecule has 0 saturated carbocycles. The summed E-state index contributed by atoms with van der Waals surface area (Å²) in [6, 6.07) is 5.82. The molecule has 0 aliphatic heterocycles. The molecule has 0 saturated heterocycles. The first-order chi connectivity index (χ1) is 8.70. The number of hydrogen-bond donors (Lipinski definition) is 1. The summed E-state index contributed by atoms with van der Waals surface area (Å²) in [5.41, 5.74) is 0.491. The lowest BCUT2D eigenvalue weighted by Crippen LogP contribution is -2.11. The van der Waals surface area contributed by atoms with E-state index in [0.717, 1.165) is 12.3 Å². The smallest absolute Gasteiger partial charge is 0.341 e. The molecule has 2 rings (SSSR count). The molecule has 5 heteroatoms. The van der Waals surface area contributed by atoms with Crippen LogP contribution in [0, 0.1) is 6.92 Å². The minimum absolute atomic E-state index is 0.360. The number of carbonyl (C=O) groups is 1. The Morgan fingerprint density at radius 3 is 3.00 bits per heavy atom. The van der Waals surface area contributed by atoms with Crippen molar-refractivity contribution in [2.45, 2.75) is 20.0 Å². The Morgan fingerprint density at radius 2 is 2.33 bits per heavy atom. The Morgan fingerprint density at radius 1 is 1.50 bits per heavy atom. The molecule has 0 radical (unpaired) electrons. The maximum Gasteiger partial charge on any atom is 0.341 e. The lowest BCUT2D eigenvalue weighted by molar-refractivity contribution is 0.0599. The van der Waals surface area contributed by atoms with Gasteiger partial charge in [0.25, 0.3) is 0 Å². The van der Waals surface area contributed by atoms with Gasteiger partial charge in [0.15, 0.2) is 0 Å². The predicted octanol–water partition coefficient (Wildman–Crippen LogP) is 2.73. The Hall–Kier alpha value is -1.59. The van der Waals surface area contributed by atoms with Crippen molar-refractivity contribution in [1.29, 1.82) is 0 Å². The van der Waals surface area contributed by atoms with Crippen LogP contribution in [0.15, 0.2) is 28.0 Å². The maximum absolute atomic E-state index is 11.4. The van der Waals surface area contributed by atoms with Crippen molar-refractivity contribution in [1.82, 2.24) is 5.32 Å². The van der Waals surface area contributed by atoms with E-state index in [1.54, 1.807) is 24.3 Å². The second-order valence-electron chi connectivity index (χ2n) is 3.86. The van der Waals surface area contributed by atoms with Gasteiger partial charge in [-0.3, -0.25) is 0 Å². The van der Waals surface area contributed by atoms with Crippen molar-refractivity contribution >= 4 is 17.3 Å². The van der Waals surface area contributed by atoms with E-state index in [1.807, 2.05) is 11.4 Å². The van der Waals surface area contributed by atoms with Crippen LogP contribution in [0.3, 0.4) is 0 Å². The number of thiophene rings is 1. The van der Waals surface area contributed by atoms with Crippen LogP contribution in [0.5, 0.6) is 0 Å². The SMILES string of the molecule is COC(=O)c1cc(CNCc2cccs2)oc1C. The van der Waals surface area contributed by atoms with Crippen molar-refractivity contribution in [2.24, 2.45) is 0 Å². The molecule has 0 aromatic carbocycles. The normalized spacial score (nSPS) is 10.6. The number of hydrogen-bond acceptors (Lipinski definition) is 5. The van der Waals surface area contributed by atoms with Crippen molar-refractivity contribution in [3.8, 4) is 0 Å². The standard InChI is InChI=1S/C13H15NO3S/c1-9-12(13(15)16-2)6-10(17-9)7-14-8-11-4-3-5-18-11/h3-6,14H,7-8H2,1-2H3. The molecule has 2 aromatic heterocycles. The van der Waals surface area contributed by atoms with Gasteiger partial charge in [-0.1, -0.05) is 6.07 Å². The molecule has 0 bridgehead atoms. The molecule has 4 nitrogen and oxygen atoms in total. The third-order valence-electron chi connectivity index (χ3n) is 2.55. The zero-order valence-corrected chi connectivity index (χ0v) is 11.2. The summed E-state index contributed by atoms with van der Waals surface area (Å²) in [5.74, 6) is 0.972. The van der Waals surface area contributed by atoms with E-state index < -0.39 is 0 Å². The fourth-order valence-electron chi connectivity index (χ4n) is 1.67. The molecule has 0 aliphatic rings. The third kappa shape index (κ3) is 3.00. The van der Waals surface area contributed by atoms with Gasteiger partial charge in [-0.2, -0.15) is 0 Å². The zero-order valence-electron chi connectivity index (χ0n) is 10.4. The molecule has 1 N–H and O–H groups in total. The van der Waals surface area contributed by atoms with Crippen molar-refractivity contribution < 1.29 is 13.9 Å². The van der Waals surface area contributed by atoms with Gasteiger partial charge in [0.05, 0.1) is 13.7 Å². The highest BCUT2D eigenvalue weighted by molar-refractivity contribution is 7.09. The molecule has 2 heterocycles. The van der Waals surface area contributed by atoms with Crippen LogP contribution < -0.4 is 5.32 Å². The number of aryl methyl sites for hydroxylation is 1. The number of carbonyl (C=O) groups excluding carboxylic acids is 1. The maximum atomic E-state index is 11.4. The third-order valence-corrected chi connectivity index (χ3v) is 3.43. The zero-order chi connectivity index (χ0) is 13.0. The van der Waals surface area contributed by atoms with Crippen molar-refractivity contribution in [3.05, 3.63) is 45.5 Å². The van der Waals surface area contributed by atoms with E-state index in [2.05, 4.69) is 16.1 Å². The van der Waals surface area contributed by atoms with Crippen LogP contribution >= 0.6 is 11.3 Å². The first-order valence-electron chi connectivity index (χ1n) is 5.61. The van der Waals surface area contributed by atoms with Crippen LogP contribution in [0.4, 0.5) is 0 Å². The summed E-state index contributed by atoms with van der Waals surface area (Å²) in [4.78, 5) is 12.7. The molecule has 0 fully saturated rings. The first-order valence-corrected chi connectivity index (χ1v) is 6.49. The summed E-state index contributed by atoms with van der Waals surface area (Å²) in [7, 11) is 1.36. The number of furan rings is 1. The lowest BCUT2D eigenvalue weighted by atomic mass is 10.2. The molecule has 0 unspecified atom stereocenters. The van der Waals surface area contributed by atoms with Gasteiger partial charge in [-0.15, -0.1) is 11.3 Å². The predicted molar refractivity (Wildman–Crippen MR) is 69.6 cm³/mol. The van der Waals surface area contributed by atoms with Crippen LogP contribution in [-0.4, -0.2) is 13.1 Å². The summed E-state index contributed by atoms with van der Waals surface area (Å²) in [5, 5.41) is 5.31. The minimum Gasteiger partial charge on any atom is -0.465 e. The molecule has 0 amide bonds. The highest BCUT2D eigenvalue weighted by Gasteiger charge is 2.14. The fraction of sp³-hybridized carbons (Fsp3) is 0.308. The highest BCUT2D eigenvalue weighted by atomic mass is 32.1. The van der Waals surface area contributed by atoms with E-state index in [1.165, 1.54) is 12.0 Å². The lowest BCUT2D eigenvalue weighted by Gasteiger charge is -1.99. The Kier molecular flexibility index (Phi) is 4.17. The summed E-state index contributed by atoms with van der Waals surface area (Å²) in [6.07, 6.45) is 0. The van der Waals surface area contributed by atoms with E-state index in [4.69, 9.17) is 4.42 Å². The van der Waals surface area contributed by atoms with Crippen molar-refractivity contribution in [3.63, 3.8) is 0 Å². The molecule has 0 spiro atoms. The first kappa shape index (κ1) is 12.9. The average molecular weight is 265 g/mol. The van der Waals surface area contributed by atoms with E-state index in [-0.39, 0.29) is 5.97 Å². The number of methoxy groups -OCH3 is 1. The second kappa shape index (κ2) is 5.84. The van der Waals surface area contributed by atoms with E-state index in [0.29, 0.717) is 17.9 Å². The molecule has 2 aromatic rings. The quantitative estimate of drug-likeness (QED) is 0.845. The Labute approximate surface area is 110 Å². The van der Waals surface area contributed by atoms with Gasteiger partial charge in [-0.05, 0) is 24.4 Å². The molecule has 0 atom stereocenters. The molecule has 96 valence electrons. The van der Waals surface area contributed by atoms with E-state index in [9.17, 15) is 4.79 Å². The van der Waals surface area contributed by atoms with Crippen LogP contribution in [0.1, 0.15) is 26.8 Å². The topological polar surface area (TPSA) is 51.5 Å². The van der Waals surface area contributed by atoms with Crippen molar-refractivity contribution in [2.75, 3.05) is 7.11 Å². The van der Waals surface area contributed by atoms with Gasteiger partial charge >= 0.3 is 5.97 Å². The Bertz CT molecular complexity index is 516. The summed E-state index contributed by atoms with van der Waals surface area (Å²) < 4.78 is 10.2. The highest BCUT2D eigenvalue weighted by Crippen LogP contribution is 2.16. The Balaban J connectivity index is 1.92. The largest absolute Gasteiger partial charge is 0.465 e. The monoisotopic (exact) mass is 265 g/mol. The number of nitrogens with one attached hydrogen (secondary N) is 1. The molecular weight excluding hydrogens is 250 g/mol. The molecule has 0 aliphatic carbocycles. The summed E-state index contributed by atoms with van der Waals surface area (Å²) in [6.45, 7) is 3.15. The van der Waals surface area contributed by atoms with Gasteiger partial charge < -0.3 is 14.5 Å². The van der Waals surface area contributed by atoms with Crippen LogP contribution in [-0.2, 0) is 17.8 Å². The van der Waals surface area contributed by atoms with Gasteiger partial charge in [-0.25, -0.2) is 4.79 Å². The van der Waals surface area contributed by atoms with Crippen LogP contribution in [0.25, 0.3) is 0 Å². The van der Waals surface area contributed by atoms with Gasteiger partial charge in [0, 0.05) is 11.4 Å². The average Bonchev–Trinajstić information content (AvgIpc) is 2.98. The number of rotatable bonds is 5. The molecular formula is C13H15NO3S. The van der Waals surface area contributed by atoms with Crippen LogP contribution in [0.2, 0.25) is 0 Å². The fourth-order valence-corrected chi connectivity index (χ4v) is 2.34. The number of esters is 1. The minimum atomic E-state index is -0.360. The van der Waals surface area contributed by atoms with Gasteiger partial charge in [0.2, 0.25) is 0 Å². The number of ether oxygens (including phenoxy) is 1. The van der Waals surface area contributed by atoms with Gasteiger partial charge in [0.1, 0.15) is 17.1 Å². The summed E-state index contributed by atoms with van der Waals surface area (Å²) >= 11 is 1.71. The van der Waals surface area contributed by atoms with E-state index >= 15 is 0 Å². The second-order valence-corrected chi connectivity index (χ2v) is 4.89. The molecule has 18 heavy (non-hydrogen) atoms.